The average Bonchev–Trinajstić information content (AvgIpc) is 2.34. The first-order valence-electron chi connectivity index (χ1n) is 2.85. The summed E-state index contributed by atoms with van der Waals surface area (Å²) in [5.74, 6) is 5.83. The van der Waals surface area contributed by atoms with E-state index < -0.39 is 0 Å². The molecule has 1 aliphatic rings. The number of urea groups is 1. The molecule has 1 fully saturated rings. The SMILES string of the molecule is C=C1SCCN1C(=O)NN. The van der Waals surface area contributed by atoms with E-state index in [1.807, 2.05) is 0 Å². The van der Waals surface area contributed by atoms with Crippen molar-refractivity contribution in [3.8, 4) is 0 Å². The number of hydrogen-bond acceptors (Lipinski definition) is 3. The Labute approximate surface area is 63.4 Å². The van der Waals surface area contributed by atoms with Gasteiger partial charge in [-0.05, 0) is 0 Å². The van der Waals surface area contributed by atoms with Crippen LogP contribution in [-0.4, -0.2) is 23.2 Å². The van der Waals surface area contributed by atoms with Crippen molar-refractivity contribution in [2.75, 3.05) is 12.3 Å². The molecule has 0 radical (unpaired) electrons. The van der Waals surface area contributed by atoms with Crippen molar-refractivity contribution in [3.63, 3.8) is 0 Å². The highest BCUT2D eigenvalue weighted by molar-refractivity contribution is 8.03. The second-order valence-electron chi connectivity index (χ2n) is 1.84. The highest BCUT2D eigenvalue weighted by atomic mass is 32.2. The zero-order valence-corrected chi connectivity index (χ0v) is 6.28. The van der Waals surface area contributed by atoms with Crippen LogP contribution in [0.5, 0.6) is 0 Å². The van der Waals surface area contributed by atoms with Gasteiger partial charge >= 0.3 is 6.03 Å². The fourth-order valence-corrected chi connectivity index (χ4v) is 1.59. The summed E-state index contributed by atoms with van der Waals surface area (Å²) in [4.78, 5) is 12.4. The molecule has 0 atom stereocenters. The van der Waals surface area contributed by atoms with E-state index >= 15 is 0 Å². The third kappa shape index (κ3) is 1.25. The topological polar surface area (TPSA) is 58.4 Å². The predicted molar refractivity (Wildman–Crippen MR) is 41.0 cm³/mol. The molecule has 0 spiro atoms. The summed E-state index contributed by atoms with van der Waals surface area (Å²) in [5, 5.41) is 0.767. The summed E-state index contributed by atoms with van der Waals surface area (Å²) in [6.07, 6.45) is 0. The maximum absolute atomic E-state index is 10.8. The van der Waals surface area contributed by atoms with Crippen LogP contribution in [0.3, 0.4) is 0 Å². The number of nitrogens with one attached hydrogen (secondary N) is 1. The monoisotopic (exact) mass is 159 g/mol. The van der Waals surface area contributed by atoms with Crippen LogP contribution in [0.25, 0.3) is 0 Å². The molecular formula is C5H9N3OS. The van der Waals surface area contributed by atoms with Gasteiger partial charge in [-0.15, -0.1) is 11.8 Å². The summed E-state index contributed by atoms with van der Waals surface area (Å²) < 4.78 is 0. The molecule has 56 valence electrons. The zero-order chi connectivity index (χ0) is 7.56. The van der Waals surface area contributed by atoms with Crippen LogP contribution < -0.4 is 11.3 Å². The second kappa shape index (κ2) is 2.94. The van der Waals surface area contributed by atoms with Gasteiger partial charge in [0.2, 0.25) is 0 Å². The normalized spacial score (nSPS) is 17.7. The molecule has 5 heteroatoms. The molecule has 1 aliphatic heterocycles. The molecule has 4 nitrogen and oxygen atoms in total. The van der Waals surface area contributed by atoms with Crippen molar-refractivity contribution in [1.82, 2.24) is 10.3 Å². The molecule has 10 heavy (non-hydrogen) atoms. The van der Waals surface area contributed by atoms with Gasteiger partial charge in [0.05, 0.1) is 5.03 Å². The molecule has 0 aromatic heterocycles. The summed E-state index contributed by atoms with van der Waals surface area (Å²) in [6.45, 7) is 4.38. The summed E-state index contributed by atoms with van der Waals surface area (Å²) in [5.41, 5.74) is 2.05. The molecule has 0 aliphatic carbocycles. The van der Waals surface area contributed by atoms with Crippen LogP contribution >= 0.6 is 11.8 Å². The van der Waals surface area contributed by atoms with Crippen molar-refractivity contribution in [2.24, 2.45) is 5.84 Å². The van der Waals surface area contributed by atoms with E-state index in [9.17, 15) is 4.79 Å². The molecule has 0 aromatic carbocycles. The first kappa shape index (κ1) is 7.43. The van der Waals surface area contributed by atoms with Gasteiger partial charge in [-0.2, -0.15) is 0 Å². The predicted octanol–water partition coefficient (Wildman–Crippen LogP) is 0.0897. The third-order valence-corrected chi connectivity index (χ3v) is 2.19. The lowest BCUT2D eigenvalue weighted by Crippen LogP contribution is -2.40. The van der Waals surface area contributed by atoms with E-state index in [-0.39, 0.29) is 6.03 Å². The van der Waals surface area contributed by atoms with Crippen LogP contribution in [0.2, 0.25) is 0 Å². The fraction of sp³-hybridized carbons (Fsp3) is 0.400. The minimum absolute atomic E-state index is 0.282. The van der Waals surface area contributed by atoms with Gasteiger partial charge < -0.3 is 0 Å². The van der Waals surface area contributed by atoms with Crippen molar-refractivity contribution in [2.45, 2.75) is 0 Å². The Balaban J connectivity index is 2.55. The number of hydrogen-bond donors (Lipinski definition) is 2. The van der Waals surface area contributed by atoms with Gasteiger partial charge in [0.15, 0.2) is 0 Å². The van der Waals surface area contributed by atoms with E-state index in [4.69, 9.17) is 5.84 Å². The maximum Gasteiger partial charge on any atom is 0.336 e. The van der Waals surface area contributed by atoms with E-state index in [2.05, 4.69) is 12.0 Å². The lowest BCUT2D eigenvalue weighted by molar-refractivity contribution is 0.218. The van der Waals surface area contributed by atoms with Crippen LogP contribution in [0.4, 0.5) is 4.79 Å². The lowest BCUT2D eigenvalue weighted by atomic mass is 10.6. The van der Waals surface area contributed by atoms with Crippen molar-refractivity contribution < 1.29 is 4.79 Å². The quantitative estimate of drug-likeness (QED) is 0.299. The molecule has 1 rings (SSSR count). The Morgan fingerprint density at radius 2 is 2.60 bits per heavy atom. The minimum atomic E-state index is -0.282. The fourth-order valence-electron chi connectivity index (χ4n) is 0.750. The number of amides is 2. The number of nitrogens with zero attached hydrogens (tertiary/aromatic N) is 1. The smallest absolute Gasteiger partial charge is 0.287 e. The standard InChI is InChI=1S/C5H9N3OS/c1-4-8(2-3-10-4)5(9)7-6/h1-3,6H2,(H,7,9). The Kier molecular flexibility index (Phi) is 2.18. The van der Waals surface area contributed by atoms with Gasteiger partial charge in [0.1, 0.15) is 0 Å². The minimum Gasteiger partial charge on any atom is -0.287 e. The molecule has 1 heterocycles. The van der Waals surface area contributed by atoms with E-state index in [1.54, 1.807) is 11.8 Å². The first-order chi connectivity index (χ1) is 4.75. The Hall–Kier alpha value is -0.680. The number of carbonyl (C=O) groups excluding carboxylic acids is 1. The second-order valence-corrected chi connectivity index (χ2v) is 3.01. The molecule has 3 N–H and O–H groups in total. The van der Waals surface area contributed by atoms with Gasteiger partial charge in [-0.25, -0.2) is 10.6 Å². The molecule has 0 bridgehead atoms. The molecular weight excluding hydrogens is 150 g/mol. The number of thioether (sulfide) groups is 1. The highest BCUT2D eigenvalue weighted by Crippen LogP contribution is 2.24. The molecule has 1 saturated heterocycles. The first-order valence-corrected chi connectivity index (χ1v) is 3.84. The van der Waals surface area contributed by atoms with Gasteiger partial charge in [-0.3, -0.25) is 10.3 Å². The lowest BCUT2D eigenvalue weighted by Gasteiger charge is -2.13. The maximum atomic E-state index is 10.8. The van der Waals surface area contributed by atoms with Gasteiger partial charge in [0, 0.05) is 12.3 Å². The van der Waals surface area contributed by atoms with E-state index in [1.165, 1.54) is 4.90 Å². The Bertz CT molecular complexity index is 170. The van der Waals surface area contributed by atoms with Gasteiger partial charge in [-0.1, -0.05) is 6.58 Å². The molecule has 0 saturated carbocycles. The number of rotatable bonds is 0. The largest absolute Gasteiger partial charge is 0.336 e. The number of hydrazine groups is 1. The van der Waals surface area contributed by atoms with Crippen molar-refractivity contribution in [3.05, 3.63) is 11.6 Å². The highest BCUT2D eigenvalue weighted by Gasteiger charge is 2.20. The number of carbonyl (C=O) groups is 1. The summed E-state index contributed by atoms with van der Waals surface area (Å²) in [6, 6.07) is -0.282. The Morgan fingerprint density at radius 3 is 3.00 bits per heavy atom. The van der Waals surface area contributed by atoms with Crippen LogP contribution in [0.15, 0.2) is 11.6 Å². The van der Waals surface area contributed by atoms with Crippen molar-refractivity contribution in [1.29, 1.82) is 0 Å². The van der Waals surface area contributed by atoms with Crippen LogP contribution in [0, 0.1) is 0 Å². The van der Waals surface area contributed by atoms with Gasteiger partial charge in [0.25, 0.3) is 0 Å². The zero-order valence-electron chi connectivity index (χ0n) is 5.46. The van der Waals surface area contributed by atoms with Crippen LogP contribution in [0.1, 0.15) is 0 Å². The number of nitrogens with two attached hydrogens (primary N) is 1. The summed E-state index contributed by atoms with van der Waals surface area (Å²) >= 11 is 1.56. The Morgan fingerprint density at radius 1 is 1.90 bits per heavy atom. The van der Waals surface area contributed by atoms with E-state index in [0.29, 0.717) is 6.54 Å². The third-order valence-electron chi connectivity index (χ3n) is 1.25. The molecule has 2 amide bonds. The average molecular weight is 159 g/mol. The van der Waals surface area contributed by atoms with Crippen molar-refractivity contribution >= 4 is 17.8 Å². The molecule has 0 aromatic rings. The van der Waals surface area contributed by atoms with E-state index in [0.717, 1.165) is 10.8 Å². The molecule has 0 unspecified atom stereocenters. The van der Waals surface area contributed by atoms with Crippen LogP contribution in [-0.2, 0) is 0 Å². The summed E-state index contributed by atoms with van der Waals surface area (Å²) in [7, 11) is 0.